The zero-order valence-electron chi connectivity index (χ0n) is 20.7. The van der Waals surface area contributed by atoms with Gasteiger partial charge in [-0.3, -0.25) is 9.69 Å². The Morgan fingerprint density at radius 3 is 2.29 bits per heavy atom. The fourth-order valence-corrected chi connectivity index (χ4v) is 5.32. The number of nitrogens with zero attached hydrogens (tertiary/aromatic N) is 1. The summed E-state index contributed by atoms with van der Waals surface area (Å²) in [6.45, 7) is 7.29. The zero-order valence-corrected chi connectivity index (χ0v) is 20.7. The molecule has 0 aliphatic carbocycles. The molecule has 4 rings (SSSR count). The molecule has 2 heterocycles. The zero-order chi connectivity index (χ0) is 24.0. The van der Waals surface area contributed by atoms with E-state index in [2.05, 4.69) is 72.3 Å². The average molecular weight is 458 g/mol. The Morgan fingerprint density at radius 2 is 1.65 bits per heavy atom. The van der Waals surface area contributed by atoms with Gasteiger partial charge in [0.15, 0.2) is 0 Å². The van der Waals surface area contributed by atoms with Crippen molar-refractivity contribution in [3.05, 3.63) is 94.4 Å². The van der Waals surface area contributed by atoms with Gasteiger partial charge in [0.1, 0.15) is 0 Å². The molecule has 1 fully saturated rings. The number of hydrogen-bond donors (Lipinski definition) is 2. The number of H-pyrrole nitrogens is 1. The minimum absolute atomic E-state index is 0.0238. The van der Waals surface area contributed by atoms with Crippen molar-refractivity contribution in [2.24, 2.45) is 17.6 Å². The van der Waals surface area contributed by atoms with Crippen LogP contribution in [0.15, 0.2) is 77.7 Å². The molecular formula is C30H39N3O. The second kappa shape index (κ2) is 11.2. The van der Waals surface area contributed by atoms with E-state index in [4.69, 9.17) is 5.73 Å². The van der Waals surface area contributed by atoms with E-state index in [1.807, 2.05) is 24.4 Å². The number of aromatic amines is 1. The lowest BCUT2D eigenvalue weighted by atomic mass is 9.76. The molecule has 34 heavy (non-hydrogen) atoms. The van der Waals surface area contributed by atoms with Crippen molar-refractivity contribution in [1.29, 1.82) is 0 Å². The highest BCUT2D eigenvalue weighted by molar-refractivity contribution is 5.62. The van der Waals surface area contributed by atoms with E-state index in [0.29, 0.717) is 5.92 Å². The molecule has 1 atom stereocenters. The van der Waals surface area contributed by atoms with Crippen molar-refractivity contribution in [2.45, 2.75) is 58.0 Å². The van der Waals surface area contributed by atoms with Crippen molar-refractivity contribution in [1.82, 2.24) is 9.88 Å². The normalized spacial score (nSPS) is 17.1. The summed E-state index contributed by atoms with van der Waals surface area (Å²) in [6, 6.07) is 22.9. The Balaban J connectivity index is 1.28. The SMILES string of the molecule is CC(C)C(N)(CCCC1CCN(Cc2cc(-c3ccccc3)c[nH]c2=O)CC1)c1ccccc1. The largest absolute Gasteiger partial charge is 0.328 e. The molecule has 0 amide bonds. The first-order valence-corrected chi connectivity index (χ1v) is 12.8. The molecule has 3 N–H and O–H groups in total. The van der Waals surface area contributed by atoms with Crippen molar-refractivity contribution >= 4 is 0 Å². The maximum Gasteiger partial charge on any atom is 0.252 e. The van der Waals surface area contributed by atoms with Crippen LogP contribution in [-0.2, 0) is 12.1 Å². The number of piperidine rings is 1. The maximum absolute atomic E-state index is 12.5. The van der Waals surface area contributed by atoms with E-state index in [0.717, 1.165) is 55.1 Å². The van der Waals surface area contributed by atoms with Gasteiger partial charge in [-0.1, -0.05) is 87.4 Å². The van der Waals surface area contributed by atoms with Crippen LogP contribution in [0.1, 0.15) is 57.1 Å². The Morgan fingerprint density at radius 1 is 1.00 bits per heavy atom. The van der Waals surface area contributed by atoms with Crippen LogP contribution in [0.3, 0.4) is 0 Å². The molecule has 4 nitrogen and oxygen atoms in total. The molecule has 1 aliphatic heterocycles. The lowest BCUT2D eigenvalue weighted by Crippen LogP contribution is -2.42. The van der Waals surface area contributed by atoms with Gasteiger partial charge in [-0.15, -0.1) is 0 Å². The molecule has 1 saturated heterocycles. The molecule has 0 saturated carbocycles. The Bertz CT molecular complexity index is 1080. The van der Waals surface area contributed by atoms with E-state index in [9.17, 15) is 4.79 Å². The molecule has 0 spiro atoms. The van der Waals surface area contributed by atoms with Gasteiger partial charge in [-0.2, -0.15) is 0 Å². The summed E-state index contributed by atoms with van der Waals surface area (Å²) in [5, 5.41) is 0. The lowest BCUT2D eigenvalue weighted by Gasteiger charge is -2.36. The molecule has 0 radical (unpaired) electrons. The van der Waals surface area contributed by atoms with Gasteiger partial charge in [0.25, 0.3) is 5.56 Å². The minimum atomic E-state index is -0.257. The number of nitrogens with two attached hydrogens (primary N) is 1. The van der Waals surface area contributed by atoms with Crippen LogP contribution in [0.5, 0.6) is 0 Å². The van der Waals surface area contributed by atoms with Gasteiger partial charge < -0.3 is 10.7 Å². The highest BCUT2D eigenvalue weighted by Gasteiger charge is 2.31. The summed E-state index contributed by atoms with van der Waals surface area (Å²) in [5.41, 5.74) is 11.0. The summed E-state index contributed by atoms with van der Waals surface area (Å²) < 4.78 is 0. The minimum Gasteiger partial charge on any atom is -0.328 e. The fourth-order valence-electron chi connectivity index (χ4n) is 5.32. The third kappa shape index (κ3) is 5.86. The Hall–Kier alpha value is -2.69. The van der Waals surface area contributed by atoms with Crippen LogP contribution < -0.4 is 11.3 Å². The van der Waals surface area contributed by atoms with Crippen molar-refractivity contribution in [2.75, 3.05) is 13.1 Å². The van der Waals surface area contributed by atoms with Crippen LogP contribution >= 0.6 is 0 Å². The van der Waals surface area contributed by atoms with Crippen LogP contribution in [0.4, 0.5) is 0 Å². The van der Waals surface area contributed by atoms with E-state index in [-0.39, 0.29) is 11.1 Å². The molecule has 4 heteroatoms. The van der Waals surface area contributed by atoms with Crippen LogP contribution in [0.2, 0.25) is 0 Å². The van der Waals surface area contributed by atoms with Crippen LogP contribution in [0, 0.1) is 11.8 Å². The van der Waals surface area contributed by atoms with Gasteiger partial charge in [0.05, 0.1) is 0 Å². The van der Waals surface area contributed by atoms with Gasteiger partial charge in [-0.05, 0) is 66.9 Å². The second-order valence-electron chi connectivity index (χ2n) is 10.3. The number of nitrogens with one attached hydrogen (secondary N) is 1. The third-order valence-corrected chi connectivity index (χ3v) is 7.73. The fraction of sp³-hybridized carbons (Fsp3) is 0.433. The first-order chi connectivity index (χ1) is 16.5. The predicted molar refractivity (Wildman–Crippen MR) is 141 cm³/mol. The van der Waals surface area contributed by atoms with Gasteiger partial charge in [0.2, 0.25) is 0 Å². The van der Waals surface area contributed by atoms with E-state index >= 15 is 0 Å². The molecular weight excluding hydrogens is 418 g/mol. The monoisotopic (exact) mass is 457 g/mol. The molecule has 1 aliphatic rings. The highest BCUT2D eigenvalue weighted by Crippen LogP contribution is 2.34. The summed E-state index contributed by atoms with van der Waals surface area (Å²) in [5.74, 6) is 1.15. The summed E-state index contributed by atoms with van der Waals surface area (Å²) >= 11 is 0. The topological polar surface area (TPSA) is 62.1 Å². The number of aromatic nitrogens is 1. The van der Waals surface area contributed by atoms with Gasteiger partial charge >= 0.3 is 0 Å². The highest BCUT2D eigenvalue weighted by atomic mass is 16.1. The first-order valence-electron chi connectivity index (χ1n) is 12.8. The van der Waals surface area contributed by atoms with Gasteiger partial charge in [0, 0.05) is 23.8 Å². The molecule has 0 bridgehead atoms. The molecule has 3 aromatic rings. The average Bonchev–Trinajstić information content (AvgIpc) is 2.87. The van der Waals surface area contributed by atoms with E-state index in [1.54, 1.807) is 0 Å². The maximum atomic E-state index is 12.5. The summed E-state index contributed by atoms with van der Waals surface area (Å²) in [4.78, 5) is 17.8. The van der Waals surface area contributed by atoms with Crippen molar-refractivity contribution < 1.29 is 0 Å². The molecule has 180 valence electrons. The standard InChI is InChI=1S/C30H39N3O/c1-23(2)30(31,28-13-7-4-8-14-28)17-9-10-24-15-18-33(19-16-24)22-27-20-26(21-32-29(27)34)25-11-5-3-6-12-25/h3-8,11-14,20-21,23-24H,9-10,15-19,22,31H2,1-2H3,(H,32,34). The molecule has 1 unspecified atom stereocenters. The Kier molecular flexibility index (Phi) is 8.02. The summed E-state index contributed by atoms with van der Waals surface area (Å²) in [6.07, 6.45) is 7.62. The third-order valence-electron chi connectivity index (χ3n) is 7.73. The number of hydrogen-bond acceptors (Lipinski definition) is 3. The second-order valence-corrected chi connectivity index (χ2v) is 10.3. The lowest BCUT2D eigenvalue weighted by molar-refractivity contribution is 0.166. The van der Waals surface area contributed by atoms with Crippen molar-refractivity contribution in [3.63, 3.8) is 0 Å². The van der Waals surface area contributed by atoms with E-state index in [1.165, 1.54) is 24.8 Å². The quantitative estimate of drug-likeness (QED) is 0.418. The Labute approximate surface area is 204 Å². The van der Waals surface area contributed by atoms with Crippen LogP contribution in [0.25, 0.3) is 11.1 Å². The predicted octanol–water partition coefficient (Wildman–Crippen LogP) is 5.93. The van der Waals surface area contributed by atoms with Gasteiger partial charge in [-0.25, -0.2) is 0 Å². The smallest absolute Gasteiger partial charge is 0.252 e. The van der Waals surface area contributed by atoms with Crippen LogP contribution in [-0.4, -0.2) is 23.0 Å². The number of rotatable bonds is 9. The summed E-state index contributed by atoms with van der Waals surface area (Å²) in [7, 11) is 0. The first kappa shape index (κ1) is 24.4. The molecule has 1 aromatic heterocycles. The van der Waals surface area contributed by atoms with E-state index < -0.39 is 0 Å². The number of benzene rings is 2. The van der Waals surface area contributed by atoms with Crippen molar-refractivity contribution in [3.8, 4) is 11.1 Å². The number of pyridine rings is 1. The number of likely N-dealkylation sites (tertiary alicyclic amines) is 1. The molecule has 2 aromatic carbocycles.